The van der Waals surface area contributed by atoms with Crippen molar-refractivity contribution in [3.63, 3.8) is 0 Å². The van der Waals surface area contributed by atoms with Crippen LogP contribution >= 0.6 is 0 Å². The molecule has 0 bridgehead atoms. The summed E-state index contributed by atoms with van der Waals surface area (Å²) in [4.78, 5) is 14.2. The van der Waals surface area contributed by atoms with Gasteiger partial charge >= 0.3 is 6.03 Å². The van der Waals surface area contributed by atoms with Gasteiger partial charge in [0.25, 0.3) is 0 Å². The van der Waals surface area contributed by atoms with Gasteiger partial charge in [0.05, 0.1) is 12.7 Å². The summed E-state index contributed by atoms with van der Waals surface area (Å²) in [5.74, 6) is 0.690. The van der Waals surface area contributed by atoms with Crippen molar-refractivity contribution in [2.45, 2.75) is 38.3 Å². The highest BCUT2D eigenvalue weighted by molar-refractivity contribution is 5.74. The van der Waals surface area contributed by atoms with Crippen LogP contribution in [0.4, 0.5) is 4.79 Å². The van der Waals surface area contributed by atoms with E-state index in [1.54, 1.807) is 0 Å². The van der Waals surface area contributed by atoms with Crippen molar-refractivity contribution >= 4 is 6.03 Å². The molecule has 4 heteroatoms. The number of hydrogen-bond acceptors (Lipinski definition) is 2. The summed E-state index contributed by atoms with van der Waals surface area (Å²) in [5.41, 5.74) is 1.26. The van der Waals surface area contributed by atoms with E-state index in [0.29, 0.717) is 31.7 Å². The Hall–Kier alpha value is -1.55. The van der Waals surface area contributed by atoms with Crippen LogP contribution in [0, 0.1) is 5.92 Å². The first-order valence-electron chi connectivity index (χ1n) is 7.93. The highest BCUT2D eigenvalue weighted by Gasteiger charge is 2.31. The number of benzene rings is 1. The summed E-state index contributed by atoms with van der Waals surface area (Å²) in [7, 11) is 0. The van der Waals surface area contributed by atoms with E-state index in [1.165, 1.54) is 18.4 Å². The van der Waals surface area contributed by atoms with Crippen molar-refractivity contribution in [1.29, 1.82) is 0 Å². The average Bonchev–Trinajstić information content (AvgIpc) is 3.33. The van der Waals surface area contributed by atoms with Gasteiger partial charge in [-0.1, -0.05) is 30.3 Å². The maximum Gasteiger partial charge on any atom is 0.317 e. The minimum absolute atomic E-state index is 0.0655. The minimum atomic E-state index is 0.0655. The van der Waals surface area contributed by atoms with Crippen molar-refractivity contribution in [2.24, 2.45) is 5.92 Å². The third-order valence-corrected chi connectivity index (χ3v) is 4.41. The van der Waals surface area contributed by atoms with Crippen LogP contribution in [0.25, 0.3) is 0 Å². The summed E-state index contributed by atoms with van der Waals surface area (Å²) in [5, 5.41) is 3.13. The first-order valence-corrected chi connectivity index (χ1v) is 7.93. The normalized spacial score (nSPS) is 23.7. The van der Waals surface area contributed by atoms with Gasteiger partial charge in [-0.3, -0.25) is 0 Å². The fourth-order valence-electron chi connectivity index (χ4n) is 2.90. The third-order valence-electron chi connectivity index (χ3n) is 4.41. The molecular weight excluding hydrogens is 264 g/mol. The molecule has 2 fully saturated rings. The zero-order valence-corrected chi connectivity index (χ0v) is 12.6. The van der Waals surface area contributed by atoms with Crippen molar-refractivity contribution in [3.8, 4) is 0 Å². The molecule has 1 saturated carbocycles. The lowest BCUT2D eigenvalue weighted by Crippen LogP contribution is -2.52. The Bertz CT molecular complexity index is 473. The van der Waals surface area contributed by atoms with Gasteiger partial charge in [0.2, 0.25) is 0 Å². The largest absolute Gasteiger partial charge is 0.374 e. The van der Waals surface area contributed by atoms with Crippen LogP contribution in [-0.2, 0) is 11.2 Å². The van der Waals surface area contributed by atoms with Crippen LogP contribution in [-0.4, -0.2) is 42.8 Å². The second-order valence-electron chi connectivity index (χ2n) is 6.20. The zero-order chi connectivity index (χ0) is 14.7. The third kappa shape index (κ3) is 3.97. The van der Waals surface area contributed by atoms with Crippen molar-refractivity contribution < 1.29 is 9.53 Å². The van der Waals surface area contributed by atoms with Gasteiger partial charge in [-0.05, 0) is 31.2 Å². The molecule has 0 aromatic heterocycles. The molecule has 2 aliphatic rings. The van der Waals surface area contributed by atoms with Gasteiger partial charge in [0.15, 0.2) is 0 Å². The average molecular weight is 288 g/mol. The maximum absolute atomic E-state index is 12.3. The van der Waals surface area contributed by atoms with E-state index in [-0.39, 0.29) is 12.1 Å². The molecule has 1 heterocycles. The fourth-order valence-corrected chi connectivity index (χ4v) is 2.90. The van der Waals surface area contributed by atoms with Crippen molar-refractivity contribution in [1.82, 2.24) is 10.2 Å². The number of carbonyl (C=O) groups is 1. The van der Waals surface area contributed by atoms with Crippen molar-refractivity contribution in [2.75, 3.05) is 19.7 Å². The second-order valence-corrected chi connectivity index (χ2v) is 6.20. The number of morpholine rings is 1. The SMILES string of the molecule is C[C@@H](NC(=O)N1CCO[C@@H](Cc2ccccc2)C1)C1CC1. The van der Waals surface area contributed by atoms with Crippen LogP contribution in [0.5, 0.6) is 0 Å². The van der Waals surface area contributed by atoms with Gasteiger partial charge in [-0.15, -0.1) is 0 Å². The Morgan fingerprint density at radius 1 is 1.38 bits per heavy atom. The van der Waals surface area contributed by atoms with E-state index in [1.807, 2.05) is 23.1 Å². The number of rotatable bonds is 4. The number of ether oxygens (including phenoxy) is 1. The minimum Gasteiger partial charge on any atom is -0.374 e. The Morgan fingerprint density at radius 3 is 2.86 bits per heavy atom. The van der Waals surface area contributed by atoms with Crippen LogP contribution in [0.2, 0.25) is 0 Å². The van der Waals surface area contributed by atoms with E-state index in [0.717, 1.165) is 6.42 Å². The highest BCUT2D eigenvalue weighted by atomic mass is 16.5. The molecule has 21 heavy (non-hydrogen) atoms. The Kier molecular flexibility index (Phi) is 4.44. The number of urea groups is 1. The fraction of sp³-hybridized carbons (Fsp3) is 0.588. The number of nitrogens with one attached hydrogen (secondary N) is 1. The lowest BCUT2D eigenvalue weighted by molar-refractivity contribution is -0.0136. The monoisotopic (exact) mass is 288 g/mol. The van der Waals surface area contributed by atoms with Crippen LogP contribution in [0.3, 0.4) is 0 Å². The van der Waals surface area contributed by atoms with E-state index in [9.17, 15) is 4.79 Å². The quantitative estimate of drug-likeness (QED) is 0.924. The number of hydrogen-bond donors (Lipinski definition) is 1. The van der Waals surface area contributed by atoms with Gasteiger partial charge < -0.3 is 15.0 Å². The summed E-state index contributed by atoms with van der Waals surface area (Å²) in [6, 6.07) is 10.7. The Morgan fingerprint density at radius 2 is 2.14 bits per heavy atom. The predicted octanol–water partition coefficient (Wildman–Crippen LogP) is 2.44. The Balaban J connectivity index is 1.51. The number of amides is 2. The lowest BCUT2D eigenvalue weighted by Gasteiger charge is -2.34. The van der Waals surface area contributed by atoms with Crippen LogP contribution in [0.1, 0.15) is 25.3 Å². The van der Waals surface area contributed by atoms with Gasteiger partial charge in [0.1, 0.15) is 0 Å². The molecule has 114 valence electrons. The molecule has 3 rings (SSSR count). The first-order chi connectivity index (χ1) is 10.2. The smallest absolute Gasteiger partial charge is 0.317 e. The summed E-state index contributed by atoms with van der Waals surface area (Å²) in [6.07, 6.45) is 3.47. The first kappa shape index (κ1) is 14.4. The zero-order valence-electron chi connectivity index (χ0n) is 12.6. The van der Waals surface area contributed by atoms with E-state index < -0.39 is 0 Å². The molecule has 1 saturated heterocycles. The molecule has 0 unspecified atom stereocenters. The number of carbonyl (C=O) groups excluding carboxylic acids is 1. The molecule has 2 amide bonds. The highest BCUT2D eigenvalue weighted by Crippen LogP contribution is 2.32. The van der Waals surface area contributed by atoms with Crippen molar-refractivity contribution in [3.05, 3.63) is 35.9 Å². The molecule has 1 N–H and O–H groups in total. The topological polar surface area (TPSA) is 41.6 Å². The molecule has 2 atom stereocenters. The maximum atomic E-state index is 12.3. The molecule has 1 aliphatic carbocycles. The van der Waals surface area contributed by atoms with Gasteiger partial charge in [-0.25, -0.2) is 4.79 Å². The molecule has 0 radical (unpaired) electrons. The van der Waals surface area contributed by atoms with Gasteiger partial charge in [-0.2, -0.15) is 0 Å². The molecule has 1 aliphatic heterocycles. The number of nitrogens with zero attached hydrogens (tertiary/aromatic N) is 1. The molecule has 0 spiro atoms. The summed E-state index contributed by atoms with van der Waals surface area (Å²) in [6.45, 7) is 4.10. The molecule has 1 aromatic rings. The second kappa shape index (κ2) is 6.48. The Labute approximate surface area is 126 Å². The molecule has 4 nitrogen and oxygen atoms in total. The summed E-state index contributed by atoms with van der Waals surface area (Å²) < 4.78 is 5.81. The molecular formula is C17H24N2O2. The van der Waals surface area contributed by atoms with Crippen LogP contribution in [0.15, 0.2) is 30.3 Å². The van der Waals surface area contributed by atoms with Crippen LogP contribution < -0.4 is 5.32 Å². The summed E-state index contributed by atoms with van der Waals surface area (Å²) >= 11 is 0. The van der Waals surface area contributed by atoms with E-state index in [2.05, 4.69) is 24.4 Å². The van der Waals surface area contributed by atoms with E-state index in [4.69, 9.17) is 4.74 Å². The predicted molar refractivity (Wildman–Crippen MR) is 82.2 cm³/mol. The van der Waals surface area contributed by atoms with Gasteiger partial charge in [0, 0.05) is 25.6 Å². The molecule has 1 aromatic carbocycles. The standard InChI is InChI=1S/C17H24N2O2/c1-13(15-7-8-15)18-17(20)19-9-10-21-16(12-19)11-14-5-3-2-4-6-14/h2-6,13,15-16H,7-12H2,1H3,(H,18,20)/t13-,16+/m1/s1. The lowest BCUT2D eigenvalue weighted by atomic mass is 10.1. The van der Waals surface area contributed by atoms with E-state index >= 15 is 0 Å².